The average molecular weight is 389 g/mol. The van der Waals surface area contributed by atoms with E-state index in [1.807, 2.05) is 37.3 Å². The summed E-state index contributed by atoms with van der Waals surface area (Å²) >= 11 is 6.02. The fourth-order valence-electron chi connectivity index (χ4n) is 2.27. The van der Waals surface area contributed by atoms with Crippen LogP contribution in [0.5, 0.6) is 5.75 Å². The lowest BCUT2D eigenvalue weighted by Gasteiger charge is -2.12. The van der Waals surface area contributed by atoms with E-state index in [4.69, 9.17) is 16.3 Å². The highest BCUT2D eigenvalue weighted by Crippen LogP contribution is 2.14. The SMILES string of the molecule is CCNC(=NCCNC(=O)c1ccccc1Cl)NCCOc1ccccc1. The lowest BCUT2D eigenvalue weighted by molar-refractivity contribution is 0.0955. The molecule has 0 radical (unpaired) electrons. The van der Waals surface area contributed by atoms with Crippen molar-refractivity contribution >= 4 is 23.5 Å². The van der Waals surface area contributed by atoms with Gasteiger partial charge in [0.1, 0.15) is 12.4 Å². The fourth-order valence-corrected chi connectivity index (χ4v) is 2.50. The lowest BCUT2D eigenvalue weighted by Crippen LogP contribution is -2.40. The maximum Gasteiger partial charge on any atom is 0.252 e. The van der Waals surface area contributed by atoms with Gasteiger partial charge in [0.15, 0.2) is 5.96 Å². The van der Waals surface area contributed by atoms with Crippen LogP contribution in [0, 0.1) is 0 Å². The number of amides is 1. The molecule has 0 aliphatic carbocycles. The molecule has 2 rings (SSSR count). The van der Waals surface area contributed by atoms with Crippen molar-refractivity contribution < 1.29 is 9.53 Å². The number of para-hydroxylation sites is 1. The Labute approximate surface area is 165 Å². The quantitative estimate of drug-likeness (QED) is 0.351. The van der Waals surface area contributed by atoms with Crippen molar-refractivity contribution in [3.8, 4) is 5.75 Å². The number of nitrogens with one attached hydrogen (secondary N) is 3. The van der Waals surface area contributed by atoms with Gasteiger partial charge < -0.3 is 20.7 Å². The first-order chi connectivity index (χ1) is 13.2. The second-order valence-corrected chi connectivity index (χ2v) is 5.99. The third-order valence-corrected chi connectivity index (χ3v) is 3.87. The molecule has 0 aliphatic heterocycles. The van der Waals surface area contributed by atoms with E-state index < -0.39 is 0 Å². The molecule has 27 heavy (non-hydrogen) atoms. The molecule has 0 heterocycles. The van der Waals surface area contributed by atoms with Crippen LogP contribution in [0.15, 0.2) is 59.6 Å². The molecule has 6 nitrogen and oxygen atoms in total. The largest absolute Gasteiger partial charge is 0.492 e. The predicted molar refractivity (Wildman–Crippen MR) is 110 cm³/mol. The van der Waals surface area contributed by atoms with Gasteiger partial charge in [-0.1, -0.05) is 41.9 Å². The summed E-state index contributed by atoms with van der Waals surface area (Å²) in [4.78, 5) is 16.5. The van der Waals surface area contributed by atoms with Gasteiger partial charge >= 0.3 is 0 Å². The monoisotopic (exact) mass is 388 g/mol. The van der Waals surface area contributed by atoms with E-state index in [2.05, 4.69) is 20.9 Å². The summed E-state index contributed by atoms with van der Waals surface area (Å²) in [5.41, 5.74) is 0.464. The molecule has 1 amide bonds. The molecule has 7 heteroatoms. The van der Waals surface area contributed by atoms with E-state index in [0.29, 0.717) is 42.8 Å². The molecular weight excluding hydrogens is 364 g/mol. The highest BCUT2D eigenvalue weighted by atomic mass is 35.5. The van der Waals surface area contributed by atoms with Gasteiger partial charge in [-0.15, -0.1) is 0 Å². The Kier molecular flexibility index (Phi) is 9.00. The minimum absolute atomic E-state index is 0.204. The van der Waals surface area contributed by atoms with E-state index in [1.165, 1.54) is 0 Å². The van der Waals surface area contributed by atoms with Gasteiger partial charge in [0.25, 0.3) is 5.91 Å². The zero-order valence-corrected chi connectivity index (χ0v) is 16.1. The summed E-state index contributed by atoms with van der Waals surface area (Å²) in [5.74, 6) is 1.31. The summed E-state index contributed by atoms with van der Waals surface area (Å²) in [6.07, 6.45) is 0. The van der Waals surface area contributed by atoms with Gasteiger partial charge in [-0.3, -0.25) is 9.79 Å². The summed E-state index contributed by atoms with van der Waals surface area (Å²) < 4.78 is 5.64. The normalized spacial score (nSPS) is 11.0. The van der Waals surface area contributed by atoms with Gasteiger partial charge in [-0.25, -0.2) is 0 Å². The molecule has 0 bridgehead atoms. The molecule has 3 N–H and O–H groups in total. The molecule has 0 aliphatic rings. The number of rotatable bonds is 9. The summed E-state index contributed by atoms with van der Waals surface area (Å²) in [7, 11) is 0. The molecule has 0 atom stereocenters. The van der Waals surface area contributed by atoms with Crippen LogP contribution >= 0.6 is 11.6 Å². The van der Waals surface area contributed by atoms with Crippen molar-refractivity contribution in [2.24, 2.45) is 4.99 Å². The third-order valence-electron chi connectivity index (χ3n) is 3.54. The molecule has 2 aromatic carbocycles. The Morgan fingerprint density at radius 3 is 2.48 bits per heavy atom. The van der Waals surface area contributed by atoms with Crippen LogP contribution < -0.4 is 20.7 Å². The van der Waals surface area contributed by atoms with E-state index in [-0.39, 0.29) is 5.91 Å². The number of hydrogen-bond acceptors (Lipinski definition) is 3. The van der Waals surface area contributed by atoms with Crippen LogP contribution in [0.3, 0.4) is 0 Å². The number of carbonyl (C=O) groups excluding carboxylic acids is 1. The Bertz CT molecular complexity index is 738. The molecule has 2 aromatic rings. The molecule has 144 valence electrons. The van der Waals surface area contributed by atoms with Crippen molar-refractivity contribution in [3.05, 3.63) is 65.2 Å². The Morgan fingerprint density at radius 1 is 1.00 bits per heavy atom. The maximum atomic E-state index is 12.1. The highest BCUT2D eigenvalue weighted by Gasteiger charge is 2.08. The van der Waals surface area contributed by atoms with Crippen molar-refractivity contribution in [3.63, 3.8) is 0 Å². The maximum absolute atomic E-state index is 12.1. The van der Waals surface area contributed by atoms with Crippen LogP contribution in [-0.2, 0) is 0 Å². The molecule has 0 saturated heterocycles. The molecule has 0 unspecified atom stereocenters. The Hall–Kier alpha value is -2.73. The number of aliphatic imine (C=N–C) groups is 1. The second-order valence-electron chi connectivity index (χ2n) is 5.58. The van der Waals surface area contributed by atoms with Gasteiger partial charge in [0.05, 0.1) is 23.7 Å². The van der Waals surface area contributed by atoms with Crippen molar-refractivity contribution in [1.82, 2.24) is 16.0 Å². The number of ether oxygens (including phenoxy) is 1. The van der Waals surface area contributed by atoms with E-state index >= 15 is 0 Å². The Morgan fingerprint density at radius 2 is 1.74 bits per heavy atom. The van der Waals surface area contributed by atoms with Crippen LogP contribution in [-0.4, -0.2) is 44.7 Å². The fraction of sp³-hybridized carbons (Fsp3) is 0.300. The molecule has 0 spiro atoms. The number of hydrogen-bond donors (Lipinski definition) is 3. The van der Waals surface area contributed by atoms with E-state index in [1.54, 1.807) is 24.3 Å². The zero-order valence-electron chi connectivity index (χ0n) is 15.4. The Balaban J connectivity index is 1.71. The van der Waals surface area contributed by atoms with Crippen molar-refractivity contribution in [2.75, 3.05) is 32.8 Å². The zero-order chi connectivity index (χ0) is 19.3. The highest BCUT2D eigenvalue weighted by molar-refractivity contribution is 6.33. The van der Waals surface area contributed by atoms with Crippen LogP contribution in [0.1, 0.15) is 17.3 Å². The van der Waals surface area contributed by atoms with Crippen LogP contribution in [0.2, 0.25) is 5.02 Å². The first-order valence-electron chi connectivity index (χ1n) is 8.93. The van der Waals surface area contributed by atoms with E-state index in [9.17, 15) is 4.79 Å². The summed E-state index contributed by atoms with van der Waals surface area (Å²) in [6.45, 7) is 4.75. The minimum Gasteiger partial charge on any atom is -0.492 e. The molecule has 0 aromatic heterocycles. The summed E-state index contributed by atoms with van der Waals surface area (Å²) in [5, 5.41) is 9.61. The van der Waals surface area contributed by atoms with Crippen molar-refractivity contribution in [1.29, 1.82) is 0 Å². The predicted octanol–water partition coefficient (Wildman–Crippen LogP) is 2.70. The number of halogens is 1. The minimum atomic E-state index is -0.204. The first-order valence-corrected chi connectivity index (χ1v) is 9.31. The number of carbonyl (C=O) groups is 1. The van der Waals surface area contributed by atoms with Crippen LogP contribution in [0.25, 0.3) is 0 Å². The number of benzene rings is 2. The van der Waals surface area contributed by atoms with Crippen molar-refractivity contribution in [2.45, 2.75) is 6.92 Å². The van der Waals surface area contributed by atoms with Gasteiger partial charge in [-0.2, -0.15) is 0 Å². The van der Waals surface area contributed by atoms with E-state index in [0.717, 1.165) is 12.3 Å². The van der Waals surface area contributed by atoms with Gasteiger partial charge in [0.2, 0.25) is 0 Å². The second kappa shape index (κ2) is 11.8. The molecule has 0 fully saturated rings. The standard InChI is InChI=1S/C20H25ClN4O2/c1-2-22-20(25-14-15-27-16-8-4-3-5-9-16)24-13-12-23-19(26)17-10-6-7-11-18(17)21/h3-11H,2,12-15H2,1H3,(H,23,26)(H2,22,24,25). The third kappa shape index (κ3) is 7.58. The summed E-state index contributed by atoms with van der Waals surface area (Å²) in [6, 6.07) is 16.6. The number of nitrogens with zero attached hydrogens (tertiary/aromatic N) is 1. The van der Waals surface area contributed by atoms with Gasteiger partial charge in [0, 0.05) is 13.1 Å². The number of guanidine groups is 1. The van der Waals surface area contributed by atoms with Crippen LogP contribution in [0.4, 0.5) is 0 Å². The topological polar surface area (TPSA) is 74.8 Å². The first kappa shape index (κ1) is 20.6. The average Bonchev–Trinajstić information content (AvgIpc) is 2.69. The lowest BCUT2D eigenvalue weighted by atomic mass is 10.2. The smallest absolute Gasteiger partial charge is 0.252 e. The molecule has 0 saturated carbocycles. The molecular formula is C20H25ClN4O2. The van der Waals surface area contributed by atoms with Gasteiger partial charge in [-0.05, 0) is 31.2 Å².